The van der Waals surface area contributed by atoms with Crippen molar-refractivity contribution >= 4 is 5.69 Å². The highest BCUT2D eigenvalue weighted by molar-refractivity contribution is 5.58. The summed E-state index contributed by atoms with van der Waals surface area (Å²) in [5.74, 6) is 0.772. The minimum absolute atomic E-state index is 0.772. The largest absolute Gasteiger partial charge is 0.385 e. The fourth-order valence-electron chi connectivity index (χ4n) is 2.13. The van der Waals surface area contributed by atoms with Crippen LogP contribution in [0.2, 0.25) is 0 Å². The van der Waals surface area contributed by atoms with Crippen LogP contribution in [-0.2, 0) is 6.42 Å². The van der Waals surface area contributed by atoms with Crippen molar-refractivity contribution < 1.29 is 0 Å². The molecule has 1 unspecified atom stereocenters. The third-order valence-corrected chi connectivity index (χ3v) is 2.81. The second-order valence-electron chi connectivity index (χ2n) is 4.30. The highest BCUT2D eigenvalue weighted by atomic mass is 14.9. The van der Waals surface area contributed by atoms with E-state index in [0.717, 1.165) is 12.5 Å². The Hall–Kier alpha value is -0.980. The van der Waals surface area contributed by atoms with Gasteiger partial charge < -0.3 is 5.32 Å². The minimum Gasteiger partial charge on any atom is -0.385 e. The summed E-state index contributed by atoms with van der Waals surface area (Å²) in [6.07, 6.45) is 1.23. The predicted octanol–water partition coefficient (Wildman–Crippen LogP) is 2.91. The van der Waals surface area contributed by atoms with Crippen LogP contribution in [-0.4, -0.2) is 6.54 Å². The molecule has 0 amide bonds. The van der Waals surface area contributed by atoms with Crippen LogP contribution in [0.5, 0.6) is 0 Å². The van der Waals surface area contributed by atoms with E-state index in [0.29, 0.717) is 0 Å². The second kappa shape index (κ2) is 3.06. The van der Waals surface area contributed by atoms with Gasteiger partial charge in [0, 0.05) is 12.2 Å². The fraction of sp³-hybridized carbons (Fsp3) is 0.500. The molecule has 13 heavy (non-hydrogen) atoms. The lowest BCUT2D eigenvalue weighted by Gasteiger charge is -2.25. The Morgan fingerprint density at radius 2 is 2.08 bits per heavy atom. The number of hydrogen-bond acceptors (Lipinski definition) is 1. The molecule has 1 aromatic carbocycles. The minimum atomic E-state index is 0.772. The van der Waals surface area contributed by atoms with Gasteiger partial charge in [-0.15, -0.1) is 0 Å². The molecule has 1 heterocycles. The second-order valence-corrected chi connectivity index (χ2v) is 4.30. The van der Waals surface area contributed by atoms with E-state index in [1.807, 2.05) is 0 Å². The van der Waals surface area contributed by atoms with Crippen LogP contribution in [0.3, 0.4) is 0 Å². The maximum absolute atomic E-state index is 3.49. The first-order valence-electron chi connectivity index (χ1n) is 5.01. The molecule has 1 aliphatic rings. The zero-order valence-corrected chi connectivity index (χ0v) is 8.65. The van der Waals surface area contributed by atoms with Crippen molar-refractivity contribution in [2.75, 3.05) is 11.9 Å². The molecule has 1 N–H and O–H groups in total. The van der Waals surface area contributed by atoms with Crippen molar-refractivity contribution in [3.63, 3.8) is 0 Å². The van der Waals surface area contributed by atoms with Gasteiger partial charge in [0.25, 0.3) is 0 Å². The first kappa shape index (κ1) is 8.61. The number of rotatable bonds is 0. The number of hydrogen-bond donors (Lipinski definition) is 1. The molecule has 0 fully saturated rings. The zero-order chi connectivity index (χ0) is 9.42. The van der Waals surface area contributed by atoms with Crippen LogP contribution in [0.4, 0.5) is 5.69 Å². The van der Waals surface area contributed by atoms with Crippen molar-refractivity contribution in [2.45, 2.75) is 27.2 Å². The van der Waals surface area contributed by atoms with E-state index >= 15 is 0 Å². The maximum Gasteiger partial charge on any atom is 0.0378 e. The van der Waals surface area contributed by atoms with Crippen molar-refractivity contribution in [2.24, 2.45) is 5.92 Å². The Labute approximate surface area is 80.2 Å². The zero-order valence-electron chi connectivity index (χ0n) is 8.65. The van der Waals surface area contributed by atoms with Crippen LogP contribution >= 0.6 is 0 Å². The molecule has 1 aromatic rings. The van der Waals surface area contributed by atoms with Gasteiger partial charge in [-0.05, 0) is 48.9 Å². The SMILES string of the molecule is Cc1cc(C)c2c(c1)NCC(C)C2. The number of fused-ring (bicyclic) bond motifs is 1. The Bertz CT molecular complexity index is 328. The monoisotopic (exact) mass is 175 g/mol. The average Bonchev–Trinajstić information content (AvgIpc) is 2.06. The van der Waals surface area contributed by atoms with Crippen molar-refractivity contribution in [3.05, 3.63) is 28.8 Å². The first-order chi connectivity index (χ1) is 6.16. The lowest BCUT2D eigenvalue weighted by Crippen LogP contribution is -2.21. The summed E-state index contributed by atoms with van der Waals surface area (Å²) in [6.45, 7) is 7.80. The quantitative estimate of drug-likeness (QED) is 0.639. The van der Waals surface area contributed by atoms with E-state index in [2.05, 4.69) is 38.2 Å². The van der Waals surface area contributed by atoms with Crippen molar-refractivity contribution in [1.82, 2.24) is 0 Å². The van der Waals surface area contributed by atoms with Crippen LogP contribution < -0.4 is 5.32 Å². The van der Waals surface area contributed by atoms with E-state index in [-0.39, 0.29) is 0 Å². The number of aryl methyl sites for hydroxylation is 2. The summed E-state index contributed by atoms with van der Waals surface area (Å²) in [7, 11) is 0. The lowest BCUT2D eigenvalue weighted by molar-refractivity contribution is 0.592. The molecule has 1 atom stereocenters. The van der Waals surface area contributed by atoms with E-state index < -0.39 is 0 Å². The molecule has 2 rings (SSSR count). The molecule has 70 valence electrons. The standard InChI is InChI=1S/C12H17N/c1-8-4-10(3)11-5-9(2)7-13-12(11)6-8/h4,6,9,13H,5,7H2,1-3H3. The predicted molar refractivity (Wildman–Crippen MR) is 57.3 cm³/mol. The Morgan fingerprint density at radius 1 is 1.31 bits per heavy atom. The van der Waals surface area contributed by atoms with Gasteiger partial charge in [0.15, 0.2) is 0 Å². The Balaban J connectivity index is 2.47. The van der Waals surface area contributed by atoms with Crippen molar-refractivity contribution in [1.29, 1.82) is 0 Å². The molecule has 1 aliphatic heterocycles. The van der Waals surface area contributed by atoms with E-state index in [1.165, 1.54) is 28.8 Å². The van der Waals surface area contributed by atoms with Crippen LogP contribution in [0.1, 0.15) is 23.6 Å². The van der Waals surface area contributed by atoms with Crippen molar-refractivity contribution in [3.8, 4) is 0 Å². The Morgan fingerprint density at radius 3 is 2.85 bits per heavy atom. The van der Waals surface area contributed by atoms with Gasteiger partial charge in [0.05, 0.1) is 0 Å². The van der Waals surface area contributed by atoms with Gasteiger partial charge in [0.2, 0.25) is 0 Å². The van der Waals surface area contributed by atoms with Gasteiger partial charge in [0.1, 0.15) is 0 Å². The number of nitrogens with one attached hydrogen (secondary N) is 1. The summed E-state index contributed by atoms with van der Waals surface area (Å²) < 4.78 is 0. The van der Waals surface area contributed by atoms with E-state index in [9.17, 15) is 0 Å². The van der Waals surface area contributed by atoms with Gasteiger partial charge in [-0.1, -0.05) is 13.0 Å². The molecule has 0 aliphatic carbocycles. The lowest BCUT2D eigenvalue weighted by atomic mass is 9.91. The molecule has 0 radical (unpaired) electrons. The molecular weight excluding hydrogens is 158 g/mol. The normalized spacial score (nSPS) is 20.7. The van der Waals surface area contributed by atoms with Gasteiger partial charge >= 0.3 is 0 Å². The molecule has 0 spiro atoms. The Kier molecular flexibility index (Phi) is 2.03. The molecule has 0 saturated heterocycles. The van der Waals surface area contributed by atoms with Gasteiger partial charge in [-0.2, -0.15) is 0 Å². The van der Waals surface area contributed by atoms with E-state index in [1.54, 1.807) is 0 Å². The molecule has 1 nitrogen and oxygen atoms in total. The summed E-state index contributed by atoms with van der Waals surface area (Å²) >= 11 is 0. The molecule has 1 heteroatoms. The number of anilines is 1. The average molecular weight is 175 g/mol. The highest BCUT2D eigenvalue weighted by Crippen LogP contribution is 2.28. The van der Waals surface area contributed by atoms with Crippen LogP contribution in [0.25, 0.3) is 0 Å². The third kappa shape index (κ3) is 1.55. The summed E-state index contributed by atoms with van der Waals surface area (Å²) in [5, 5.41) is 3.49. The highest BCUT2D eigenvalue weighted by Gasteiger charge is 2.15. The number of benzene rings is 1. The maximum atomic E-state index is 3.49. The molecule has 0 bridgehead atoms. The van der Waals surface area contributed by atoms with E-state index in [4.69, 9.17) is 0 Å². The van der Waals surface area contributed by atoms with Gasteiger partial charge in [-0.3, -0.25) is 0 Å². The van der Waals surface area contributed by atoms with Crippen LogP contribution in [0, 0.1) is 19.8 Å². The molecule has 0 saturated carbocycles. The van der Waals surface area contributed by atoms with Crippen LogP contribution in [0.15, 0.2) is 12.1 Å². The summed E-state index contributed by atoms with van der Waals surface area (Å²) in [4.78, 5) is 0. The summed E-state index contributed by atoms with van der Waals surface area (Å²) in [6, 6.07) is 4.53. The topological polar surface area (TPSA) is 12.0 Å². The molecular formula is C12H17N. The van der Waals surface area contributed by atoms with Gasteiger partial charge in [-0.25, -0.2) is 0 Å². The summed E-state index contributed by atoms with van der Waals surface area (Å²) in [5.41, 5.74) is 5.67. The smallest absolute Gasteiger partial charge is 0.0378 e. The third-order valence-electron chi connectivity index (χ3n) is 2.81. The molecule has 0 aromatic heterocycles. The fourth-order valence-corrected chi connectivity index (χ4v) is 2.13. The first-order valence-corrected chi connectivity index (χ1v) is 5.01.